The van der Waals surface area contributed by atoms with Crippen LogP contribution in [0.5, 0.6) is 11.5 Å². The first kappa shape index (κ1) is 27.0. The van der Waals surface area contributed by atoms with Crippen LogP contribution < -0.4 is 20.7 Å². The van der Waals surface area contributed by atoms with E-state index >= 15 is 0 Å². The number of hydrogen-bond acceptors (Lipinski definition) is 8. The zero-order chi connectivity index (χ0) is 27.7. The fraction of sp³-hybridized carbons (Fsp3) is 0.276. The molecule has 11 heteroatoms. The number of carbonyl (C=O) groups is 1. The number of amides is 2. The highest BCUT2D eigenvalue weighted by atomic mass is 16.5. The molecule has 5 rings (SSSR count). The van der Waals surface area contributed by atoms with E-state index in [9.17, 15) is 10.1 Å². The maximum atomic E-state index is 12.7. The average molecular weight is 542 g/mol. The van der Waals surface area contributed by atoms with Gasteiger partial charge in [0.05, 0.1) is 54.7 Å². The van der Waals surface area contributed by atoms with Gasteiger partial charge in [-0.2, -0.15) is 10.4 Å². The average Bonchev–Trinajstić information content (AvgIpc) is 3.32. The van der Waals surface area contributed by atoms with Gasteiger partial charge in [0, 0.05) is 44.5 Å². The molecule has 2 aromatic heterocycles. The molecule has 4 aromatic rings. The minimum absolute atomic E-state index is 0.203. The third-order valence-corrected chi connectivity index (χ3v) is 6.49. The number of morpholine rings is 1. The maximum absolute atomic E-state index is 12.7. The van der Waals surface area contributed by atoms with Crippen LogP contribution in [0.1, 0.15) is 11.1 Å². The molecule has 2 amide bonds. The van der Waals surface area contributed by atoms with Gasteiger partial charge in [0.1, 0.15) is 17.6 Å². The Morgan fingerprint density at radius 2 is 1.85 bits per heavy atom. The van der Waals surface area contributed by atoms with Gasteiger partial charge < -0.3 is 30.2 Å². The van der Waals surface area contributed by atoms with Gasteiger partial charge in [0.2, 0.25) is 0 Å². The van der Waals surface area contributed by atoms with Gasteiger partial charge in [0.15, 0.2) is 0 Å². The van der Waals surface area contributed by atoms with Crippen molar-refractivity contribution in [1.29, 1.82) is 5.26 Å². The van der Waals surface area contributed by atoms with Crippen molar-refractivity contribution < 1.29 is 19.0 Å². The molecule has 2 aromatic carbocycles. The van der Waals surface area contributed by atoms with Gasteiger partial charge in [0.25, 0.3) is 0 Å². The first-order valence-electron chi connectivity index (χ1n) is 13.0. The Morgan fingerprint density at radius 3 is 2.58 bits per heavy atom. The molecule has 1 aliphatic heterocycles. The molecule has 1 fully saturated rings. The lowest BCUT2D eigenvalue weighted by molar-refractivity contribution is 0.0388. The summed E-state index contributed by atoms with van der Waals surface area (Å²) in [7, 11) is 1.58. The lowest BCUT2D eigenvalue weighted by Crippen LogP contribution is -2.42. The third kappa shape index (κ3) is 6.50. The number of rotatable bonds is 10. The van der Waals surface area contributed by atoms with Gasteiger partial charge in [-0.15, -0.1) is 0 Å². The molecule has 40 heavy (non-hydrogen) atoms. The summed E-state index contributed by atoms with van der Waals surface area (Å²) < 4.78 is 18.4. The smallest absolute Gasteiger partial charge is 0.319 e. The van der Waals surface area contributed by atoms with Gasteiger partial charge >= 0.3 is 6.03 Å². The Kier molecular flexibility index (Phi) is 8.73. The zero-order valence-electron chi connectivity index (χ0n) is 22.2. The summed E-state index contributed by atoms with van der Waals surface area (Å²) in [6, 6.07) is 18.9. The molecule has 0 unspecified atom stereocenters. The standard InChI is InChI=1S/C29H31N7O4/c1-38-20-25-26(34-29(37)31-11-12-35-13-15-39-16-14-35)19-36-28(25)27(21(17-30)18-32-36)33-22-7-9-24(10-8-22)40-23-5-3-2-4-6-23/h2-10,18-19,33H,11-16,20H2,1H3,(H2,31,34,37). The summed E-state index contributed by atoms with van der Waals surface area (Å²) in [5.74, 6) is 1.43. The highest BCUT2D eigenvalue weighted by Gasteiger charge is 2.20. The monoisotopic (exact) mass is 541 g/mol. The Hall–Kier alpha value is -4.63. The van der Waals surface area contributed by atoms with Crippen LogP contribution in [-0.2, 0) is 16.1 Å². The van der Waals surface area contributed by atoms with Crippen LogP contribution in [0.2, 0.25) is 0 Å². The maximum Gasteiger partial charge on any atom is 0.319 e. The number of methoxy groups -OCH3 is 1. The summed E-state index contributed by atoms with van der Waals surface area (Å²) >= 11 is 0. The summed E-state index contributed by atoms with van der Waals surface area (Å²) in [6.45, 7) is 4.60. The molecule has 0 atom stereocenters. The van der Waals surface area contributed by atoms with E-state index in [2.05, 4.69) is 32.0 Å². The van der Waals surface area contributed by atoms with Gasteiger partial charge in [-0.3, -0.25) is 4.90 Å². The largest absolute Gasteiger partial charge is 0.457 e. The van der Waals surface area contributed by atoms with Crippen LogP contribution in [0.25, 0.3) is 5.52 Å². The second kappa shape index (κ2) is 12.9. The number of benzene rings is 2. The molecule has 0 aliphatic carbocycles. The summed E-state index contributed by atoms with van der Waals surface area (Å²) in [5.41, 5.74) is 3.54. The molecule has 0 bridgehead atoms. The van der Waals surface area contributed by atoms with Crippen LogP contribution in [0.15, 0.2) is 67.0 Å². The fourth-order valence-electron chi connectivity index (χ4n) is 4.50. The quantitative estimate of drug-likeness (QED) is 0.271. The van der Waals surface area contributed by atoms with Crippen molar-refractivity contribution in [3.63, 3.8) is 0 Å². The van der Waals surface area contributed by atoms with Crippen molar-refractivity contribution in [2.24, 2.45) is 0 Å². The Bertz CT molecular complexity index is 1480. The van der Waals surface area contributed by atoms with E-state index in [1.807, 2.05) is 54.6 Å². The molecule has 206 valence electrons. The van der Waals surface area contributed by atoms with Gasteiger partial charge in [-0.1, -0.05) is 18.2 Å². The highest BCUT2D eigenvalue weighted by Crippen LogP contribution is 2.34. The SMILES string of the molecule is COCc1c(NC(=O)NCCN2CCOCC2)cn2ncc(C#N)c(Nc3ccc(Oc4ccccc4)cc3)c12. The number of ether oxygens (including phenoxy) is 3. The summed E-state index contributed by atoms with van der Waals surface area (Å²) in [5, 5.41) is 23.4. The molecule has 3 heterocycles. The lowest BCUT2D eigenvalue weighted by Gasteiger charge is -2.26. The van der Waals surface area contributed by atoms with E-state index < -0.39 is 0 Å². The van der Waals surface area contributed by atoms with Crippen molar-refractivity contribution in [3.8, 4) is 17.6 Å². The lowest BCUT2D eigenvalue weighted by atomic mass is 10.1. The number of nitrogens with one attached hydrogen (secondary N) is 3. The normalized spacial score (nSPS) is 13.5. The number of carbonyl (C=O) groups excluding carboxylic acids is 1. The van der Waals surface area contributed by atoms with Gasteiger partial charge in [-0.05, 0) is 36.4 Å². The molecule has 0 saturated carbocycles. The van der Waals surface area contributed by atoms with Crippen LogP contribution >= 0.6 is 0 Å². The number of nitriles is 1. The Balaban J connectivity index is 1.35. The Morgan fingerprint density at radius 1 is 1.10 bits per heavy atom. The molecule has 1 saturated heterocycles. The van der Waals surface area contributed by atoms with E-state index in [4.69, 9.17) is 14.2 Å². The highest BCUT2D eigenvalue weighted by molar-refractivity contribution is 5.95. The molecule has 1 aliphatic rings. The zero-order valence-corrected chi connectivity index (χ0v) is 22.2. The van der Waals surface area contributed by atoms with E-state index in [0.29, 0.717) is 53.5 Å². The summed E-state index contributed by atoms with van der Waals surface area (Å²) in [6.07, 6.45) is 3.21. The number of para-hydroxylation sites is 1. The van der Waals surface area contributed by atoms with Crippen molar-refractivity contribution >= 4 is 28.6 Å². The molecular formula is C29H31N7O4. The number of fused-ring (bicyclic) bond motifs is 1. The second-order valence-corrected chi connectivity index (χ2v) is 9.19. The van der Waals surface area contributed by atoms with E-state index in [-0.39, 0.29) is 12.6 Å². The molecule has 3 N–H and O–H groups in total. The van der Waals surface area contributed by atoms with Gasteiger partial charge in [-0.25, -0.2) is 9.31 Å². The van der Waals surface area contributed by atoms with E-state index in [1.54, 1.807) is 17.8 Å². The van der Waals surface area contributed by atoms with Crippen LogP contribution in [0.3, 0.4) is 0 Å². The Labute approximate surface area is 232 Å². The van der Waals surface area contributed by atoms with Crippen molar-refractivity contribution in [3.05, 3.63) is 78.1 Å². The van der Waals surface area contributed by atoms with Crippen molar-refractivity contribution in [1.82, 2.24) is 19.8 Å². The number of anilines is 3. The number of nitrogens with zero attached hydrogens (tertiary/aromatic N) is 4. The number of hydrogen-bond donors (Lipinski definition) is 3. The van der Waals surface area contributed by atoms with Crippen LogP contribution in [-0.4, -0.2) is 67.0 Å². The predicted octanol–water partition coefficient (Wildman–Crippen LogP) is 4.34. The number of aromatic nitrogens is 2. The van der Waals surface area contributed by atoms with Crippen molar-refractivity contribution in [2.45, 2.75) is 6.61 Å². The van der Waals surface area contributed by atoms with Crippen LogP contribution in [0, 0.1) is 11.3 Å². The number of urea groups is 1. The molecule has 11 nitrogen and oxygen atoms in total. The second-order valence-electron chi connectivity index (χ2n) is 9.19. The first-order valence-corrected chi connectivity index (χ1v) is 13.0. The van der Waals surface area contributed by atoms with E-state index in [0.717, 1.165) is 31.1 Å². The van der Waals surface area contributed by atoms with Crippen molar-refractivity contribution in [2.75, 3.05) is 57.1 Å². The minimum Gasteiger partial charge on any atom is -0.457 e. The molecular weight excluding hydrogens is 510 g/mol. The fourth-order valence-corrected chi connectivity index (χ4v) is 4.50. The predicted molar refractivity (Wildman–Crippen MR) is 151 cm³/mol. The minimum atomic E-state index is -0.328. The van der Waals surface area contributed by atoms with E-state index in [1.165, 1.54) is 6.20 Å². The molecule has 0 radical (unpaired) electrons. The third-order valence-electron chi connectivity index (χ3n) is 6.49. The first-order chi connectivity index (χ1) is 19.6. The summed E-state index contributed by atoms with van der Waals surface area (Å²) in [4.78, 5) is 15.0. The molecule has 0 spiro atoms. The van der Waals surface area contributed by atoms with Crippen LogP contribution in [0.4, 0.5) is 21.9 Å². The topological polar surface area (TPSA) is 125 Å².